The van der Waals surface area contributed by atoms with Crippen molar-refractivity contribution >= 4 is 17.4 Å². The van der Waals surface area contributed by atoms with E-state index < -0.39 is 6.09 Å². The molecule has 0 unspecified atom stereocenters. The van der Waals surface area contributed by atoms with Gasteiger partial charge in [-0.05, 0) is 40.0 Å². The van der Waals surface area contributed by atoms with Crippen LogP contribution >= 0.6 is 11.3 Å². The summed E-state index contributed by atoms with van der Waals surface area (Å²) in [6.45, 7) is 7.47. The van der Waals surface area contributed by atoms with Crippen LogP contribution in [0.5, 0.6) is 5.06 Å². The lowest BCUT2D eigenvalue weighted by Crippen LogP contribution is -2.36. The van der Waals surface area contributed by atoms with Crippen LogP contribution < -0.4 is 10.1 Å². The monoisotopic (exact) mass is 381 g/mol. The van der Waals surface area contributed by atoms with Gasteiger partial charge in [0.2, 0.25) is 5.06 Å². The Kier molecular flexibility index (Phi) is 7.59. The molecule has 0 radical (unpaired) electrons. The molecule has 2 heterocycles. The van der Waals surface area contributed by atoms with E-state index in [0.29, 0.717) is 10.8 Å². The van der Waals surface area contributed by atoms with E-state index in [1.54, 1.807) is 6.92 Å². The number of nitrogens with zero attached hydrogens (tertiary/aromatic N) is 2. The standard InChI is InChI=1S/C18H27N3O4S/c1-5-6-7-15-14(13(4)25-21-15)8-9-16-20-12(3)17(26-16)24-18(23)19-11(2)10-22/h11,22H,5-10H2,1-4H3,(H,19,23)/t11-/m0/s1. The van der Waals surface area contributed by atoms with E-state index in [2.05, 4.69) is 22.4 Å². The van der Waals surface area contributed by atoms with E-state index >= 15 is 0 Å². The fraction of sp³-hybridized carbons (Fsp3) is 0.611. The lowest BCUT2D eigenvalue weighted by molar-refractivity contribution is 0.186. The molecule has 1 amide bonds. The van der Waals surface area contributed by atoms with E-state index in [-0.39, 0.29) is 12.6 Å². The lowest BCUT2D eigenvalue weighted by Gasteiger charge is -2.09. The number of ether oxygens (including phenoxy) is 1. The number of aromatic nitrogens is 2. The average molecular weight is 381 g/mol. The van der Waals surface area contributed by atoms with Crippen LogP contribution in [0.15, 0.2) is 4.52 Å². The summed E-state index contributed by atoms with van der Waals surface area (Å²) in [5.74, 6) is 0.859. The number of aryl methyl sites for hydroxylation is 4. The topological polar surface area (TPSA) is 97.5 Å². The van der Waals surface area contributed by atoms with Crippen LogP contribution in [0.25, 0.3) is 0 Å². The number of aliphatic hydroxyl groups excluding tert-OH is 1. The van der Waals surface area contributed by atoms with Crippen LogP contribution in [0.4, 0.5) is 4.79 Å². The molecule has 0 aromatic carbocycles. The number of thiazole rings is 1. The molecule has 0 aliphatic heterocycles. The van der Waals surface area contributed by atoms with Gasteiger partial charge in [-0.3, -0.25) is 0 Å². The van der Waals surface area contributed by atoms with Crippen molar-refractivity contribution in [3.8, 4) is 5.06 Å². The quantitative estimate of drug-likeness (QED) is 0.691. The van der Waals surface area contributed by atoms with Crippen molar-refractivity contribution in [2.45, 2.75) is 65.8 Å². The molecule has 2 aromatic rings. The van der Waals surface area contributed by atoms with Gasteiger partial charge in [0.1, 0.15) is 5.76 Å². The van der Waals surface area contributed by atoms with Crippen LogP contribution in [0.1, 0.15) is 54.4 Å². The fourth-order valence-electron chi connectivity index (χ4n) is 2.53. The van der Waals surface area contributed by atoms with Crippen molar-refractivity contribution in [1.29, 1.82) is 0 Å². The Hall–Kier alpha value is -1.93. The Morgan fingerprint density at radius 1 is 1.35 bits per heavy atom. The van der Waals surface area contributed by atoms with E-state index in [0.717, 1.165) is 54.1 Å². The van der Waals surface area contributed by atoms with Crippen LogP contribution in [0, 0.1) is 13.8 Å². The van der Waals surface area contributed by atoms with Gasteiger partial charge in [-0.15, -0.1) is 0 Å². The Labute approximate surface area is 157 Å². The third kappa shape index (κ3) is 5.54. The first-order valence-corrected chi connectivity index (χ1v) is 9.75. The number of carbonyl (C=O) groups is 1. The maximum atomic E-state index is 11.8. The van der Waals surface area contributed by atoms with Crippen molar-refractivity contribution < 1.29 is 19.2 Å². The molecule has 2 rings (SSSR count). The minimum Gasteiger partial charge on any atom is -0.397 e. The van der Waals surface area contributed by atoms with E-state index in [1.165, 1.54) is 11.3 Å². The number of amides is 1. The number of hydrogen-bond acceptors (Lipinski definition) is 7. The van der Waals surface area contributed by atoms with Gasteiger partial charge in [-0.25, -0.2) is 9.78 Å². The summed E-state index contributed by atoms with van der Waals surface area (Å²) in [6, 6.07) is -0.353. The van der Waals surface area contributed by atoms with Crippen molar-refractivity contribution in [1.82, 2.24) is 15.5 Å². The molecule has 144 valence electrons. The second kappa shape index (κ2) is 9.68. The number of aliphatic hydroxyl groups is 1. The fourth-order valence-corrected chi connectivity index (χ4v) is 3.44. The molecular formula is C18H27N3O4S. The summed E-state index contributed by atoms with van der Waals surface area (Å²) in [6.07, 6.45) is 4.10. The molecule has 0 spiro atoms. The molecule has 26 heavy (non-hydrogen) atoms. The summed E-state index contributed by atoms with van der Waals surface area (Å²) in [5.41, 5.74) is 2.87. The zero-order chi connectivity index (χ0) is 19.1. The minimum absolute atomic E-state index is 0.138. The van der Waals surface area contributed by atoms with Gasteiger partial charge in [0.05, 0.1) is 29.0 Å². The van der Waals surface area contributed by atoms with Crippen LogP contribution in [-0.2, 0) is 19.3 Å². The molecule has 0 aliphatic carbocycles. The molecule has 2 N–H and O–H groups in total. The molecule has 0 bridgehead atoms. The predicted octanol–water partition coefficient (Wildman–Crippen LogP) is 3.34. The highest BCUT2D eigenvalue weighted by atomic mass is 32.1. The van der Waals surface area contributed by atoms with Gasteiger partial charge in [-0.1, -0.05) is 29.8 Å². The van der Waals surface area contributed by atoms with Crippen LogP contribution in [0.2, 0.25) is 0 Å². The Bertz CT molecular complexity index is 726. The molecule has 7 nitrogen and oxygen atoms in total. The van der Waals surface area contributed by atoms with Gasteiger partial charge >= 0.3 is 6.09 Å². The number of hydrogen-bond donors (Lipinski definition) is 2. The minimum atomic E-state index is -0.582. The highest BCUT2D eigenvalue weighted by Crippen LogP contribution is 2.28. The van der Waals surface area contributed by atoms with Gasteiger partial charge < -0.3 is 19.7 Å². The normalized spacial score (nSPS) is 12.2. The Morgan fingerprint density at radius 2 is 2.12 bits per heavy atom. The molecular weight excluding hydrogens is 354 g/mol. The summed E-state index contributed by atoms with van der Waals surface area (Å²) in [4.78, 5) is 16.3. The summed E-state index contributed by atoms with van der Waals surface area (Å²) < 4.78 is 10.6. The maximum Gasteiger partial charge on any atom is 0.413 e. The predicted molar refractivity (Wildman–Crippen MR) is 99.8 cm³/mol. The molecule has 8 heteroatoms. The maximum absolute atomic E-state index is 11.8. The van der Waals surface area contributed by atoms with Gasteiger partial charge in [-0.2, -0.15) is 0 Å². The van der Waals surface area contributed by atoms with Crippen molar-refractivity contribution in [2.75, 3.05) is 6.61 Å². The largest absolute Gasteiger partial charge is 0.413 e. The van der Waals surface area contributed by atoms with Gasteiger partial charge in [0.15, 0.2) is 0 Å². The average Bonchev–Trinajstić information content (AvgIpc) is 3.13. The lowest BCUT2D eigenvalue weighted by atomic mass is 10.0. The summed E-state index contributed by atoms with van der Waals surface area (Å²) in [5, 5.41) is 17.1. The zero-order valence-electron chi connectivity index (χ0n) is 15.8. The SMILES string of the molecule is CCCCc1noc(C)c1CCc1nc(C)c(OC(=O)N[C@@H](C)CO)s1. The van der Waals surface area contributed by atoms with Crippen molar-refractivity contribution in [3.05, 3.63) is 27.7 Å². The third-order valence-corrected chi connectivity index (χ3v) is 5.14. The van der Waals surface area contributed by atoms with Gasteiger partial charge in [0, 0.05) is 12.0 Å². The first kappa shape index (κ1) is 20.4. The highest BCUT2D eigenvalue weighted by Gasteiger charge is 2.17. The molecule has 0 saturated heterocycles. The number of unbranched alkanes of at least 4 members (excludes halogenated alkanes) is 1. The van der Waals surface area contributed by atoms with Gasteiger partial charge in [0.25, 0.3) is 0 Å². The molecule has 0 fully saturated rings. The second-order valence-electron chi connectivity index (χ2n) is 6.37. The molecule has 1 atom stereocenters. The summed E-state index contributed by atoms with van der Waals surface area (Å²) in [7, 11) is 0. The number of nitrogens with one attached hydrogen (secondary N) is 1. The van der Waals surface area contributed by atoms with E-state index in [4.69, 9.17) is 14.4 Å². The number of rotatable bonds is 9. The zero-order valence-corrected chi connectivity index (χ0v) is 16.6. The third-order valence-electron chi connectivity index (χ3n) is 4.04. The highest BCUT2D eigenvalue weighted by molar-refractivity contribution is 7.13. The van der Waals surface area contributed by atoms with Crippen molar-refractivity contribution in [3.63, 3.8) is 0 Å². The molecule has 0 aliphatic rings. The molecule has 2 aromatic heterocycles. The van der Waals surface area contributed by atoms with Crippen LogP contribution in [-0.4, -0.2) is 34.0 Å². The molecule has 0 saturated carbocycles. The Balaban J connectivity index is 1.97. The Morgan fingerprint density at radius 3 is 2.81 bits per heavy atom. The second-order valence-corrected chi connectivity index (χ2v) is 7.41. The first-order chi connectivity index (χ1) is 12.4. The first-order valence-electron chi connectivity index (χ1n) is 8.94. The van der Waals surface area contributed by atoms with E-state index in [9.17, 15) is 4.79 Å². The van der Waals surface area contributed by atoms with Crippen molar-refractivity contribution in [2.24, 2.45) is 0 Å². The summed E-state index contributed by atoms with van der Waals surface area (Å²) >= 11 is 1.37. The smallest absolute Gasteiger partial charge is 0.397 e. The van der Waals surface area contributed by atoms with E-state index in [1.807, 2.05) is 13.8 Å². The number of carbonyl (C=O) groups excluding carboxylic acids is 1. The van der Waals surface area contributed by atoms with Crippen LogP contribution in [0.3, 0.4) is 0 Å².